The molecule has 3 N–H and O–H groups in total. The molecule has 1 atom stereocenters. The van der Waals surface area contributed by atoms with Crippen LogP contribution in [0.2, 0.25) is 5.02 Å². The normalized spacial score (nSPS) is 11.5. The maximum absolute atomic E-state index is 13.0. The molecule has 0 saturated heterocycles. The first-order chi connectivity index (χ1) is 13.6. The number of methoxy groups -OCH3 is 1. The van der Waals surface area contributed by atoms with Gasteiger partial charge in [0, 0.05) is 11.4 Å². The van der Waals surface area contributed by atoms with Crippen molar-refractivity contribution in [3.8, 4) is 5.75 Å². The van der Waals surface area contributed by atoms with Crippen LogP contribution in [0.25, 0.3) is 0 Å². The van der Waals surface area contributed by atoms with Crippen molar-refractivity contribution in [1.29, 1.82) is 0 Å². The van der Waals surface area contributed by atoms with Crippen LogP contribution in [0, 0.1) is 0 Å². The molecule has 0 aromatic heterocycles. The van der Waals surface area contributed by atoms with Gasteiger partial charge in [0.05, 0.1) is 18.7 Å². The summed E-state index contributed by atoms with van der Waals surface area (Å²) >= 11 is 6.16. The Morgan fingerprint density at radius 3 is 2.50 bits per heavy atom. The zero-order valence-corrected chi connectivity index (χ0v) is 16.1. The fourth-order valence-corrected chi connectivity index (χ4v) is 3.09. The summed E-state index contributed by atoms with van der Waals surface area (Å²) in [5.41, 5.74) is 2.89. The molecular formula is C22H21ClN2O3. The highest BCUT2D eigenvalue weighted by Crippen LogP contribution is 2.28. The quantitative estimate of drug-likeness (QED) is 0.544. The molecule has 0 aliphatic heterocycles. The smallest absolute Gasteiger partial charge is 0.251 e. The van der Waals surface area contributed by atoms with E-state index in [1.54, 1.807) is 18.2 Å². The standard InChI is InChI=1S/C22H21ClN2O3/c1-28-20-11-10-18(13-19(20)23)25-22(27)21(16-7-3-2-4-8-16)24-17-9-5-6-15(12-17)14-26/h2-13,21,24,26H,14H2,1H3,(H,25,27). The summed E-state index contributed by atoms with van der Waals surface area (Å²) in [7, 11) is 1.54. The van der Waals surface area contributed by atoms with Crippen LogP contribution in [-0.4, -0.2) is 18.1 Å². The molecular weight excluding hydrogens is 376 g/mol. The first-order valence-corrected chi connectivity index (χ1v) is 9.14. The largest absolute Gasteiger partial charge is 0.495 e. The Morgan fingerprint density at radius 1 is 1.04 bits per heavy atom. The van der Waals surface area contributed by atoms with Gasteiger partial charge < -0.3 is 20.5 Å². The zero-order chi connectivity index (χ0) is 19.9. The Labute approximate surface area is 168 Å². The highest BCUT2D eigenvalue weighted by atomic mass is 35.5. The minimum absolute atomic E-state index is 0.0674. The number of aliphatic hydroxyl groups excluding tert-OH is 1. The number of carbonyl (C=O) groups is 1. The van der Waals surface area contributed by atoms with Crippen molar-refractivity contribution in [3.63, 3.8) is 0 Å². The van der Waals surface area contributed by atoms with Gasteiger partial charge in [-0.25, -0.2) is 0 Å². The number of nitrogens with one attached hydrogen (secondary N) is 2. The maximum Gasteiger partial charge on any atom is 0.251 e. The van der Waals surface area contributed by atoms with Gasteiger partial charge in [0.2, 0.25) is 0 Å². The fraction of sp³-hybridized carbons (Fsp3) is 0.136. The van der Waals surface area contributed by atoms with Crippen LogP contribution in [0.4, 0.5) is 11.4 Å². The summed E-state index contributed by atoms with van der Waals surface area (Å²) in [6.45, 7) is -0.0674. The minimum Gasteiger partial charge on any atom is -0.495 e. The monoisotopic (exact) mass is 396 g/mol. The molecule has 3 aromatic rings. The number of anilines is 2. The fourth-order valence-electron chi connectivity index (χ4n) is 2.83. The molecule has 0 radical (unpaired) electrons. The van der Waals surface area contributed by atoms with Gasteiger partial charge in [-0.05, 0) is 41.5 Å². The van der Waals surface area contributed by atoms with E-state index in [0.717, 1.165) is 16.8 Å². The molecule has 144 valence electrons. The Bertz CT molecular complexity index is 948. The first-order valence-electron chi connectivity index (χ1n) is 8.76. The Balaban J connectivity index is 1.86. The van der Waals surface area contributed by atoms with Gasteiger partial charge in [0.15, 0.2) is 0 Å². The third-order valence-electron chi connectivity index (χ3n) is 4.23. The minimum atomic E-state index is -0.629. The summed E-state index contributed by atoms with van der Waals surface area (Å²) in [6.07, 6.45) is 0. The number of hydrogen-bond acceptors (Lipinski definition) is 4. The number of ether oxygens (including phenoxy) is 1. The van der Waals surface area contributed by atoms with Crippen molar-refractivity contribution >= 4 is 28.9 Å². The van der Waals surface area contributed by atoms with Gasteiger partial charge in [-0.3, -0.25) is 4.79 Å². The molecule has 3 aromatic carbocycles. The van der Waals surface area contributed by atoms with E-state index < -0.39 is 6.04 Å². The van der Waals surface area contributed by atoms with E-state index in [4.69, 9.17) is 16.3 Å². The van der Waals surface area contributed by atoms with Crippen LogP contribution < -0.4 is 15.4 Å². The second kappa shape index (κ2) is 9.26. The molecule has 0 aliphatic rings. The van der Waals surface area contributed by atoms with Crippen LogP contribution in [0.5, 0.6) is 5.75 Å². The number of carbonyl (C=O) groups excluding carboxylic acids is 1. The number of aliphatic hydroxyl groups is 1. The molecule has 28 heavy (non-hydrogen) atoms. The van der Waals surface area contributed by atoms with E-state index in [9.17, 15) is 9.90 Å². The Kier molecular flexibility index (Phi) is 6.53. The summed E-state index contributed by atoms with van der Waals surface area (Å²) in [5.74, 6) is 0.306. The maximum atomic E-state index is 13.0. The lowest BCUT2D eigenvalue weighted by Crippen LogP contribution is -2.27. The molecule has 0 aliphatic carbocycles. The summed E-state index contributed by atoms with van der Waals surface area (Å²) in [5, 5.41) is 15.9. The number of amides is 1. The molecule has 0 saturated carbocycles. The predicted octanol–water partition coefficient (Wildman–Crippen LogP) is 4.63. The number of rotatable bonds is 7. The van der Waals surface area contributed by atoms with Gasteiger partial charge in [-0.2, -0.15) is 0 Å². The van der Waals surface area contributed by atoms with Crippen LogP contribution in [0.1, 0.15) is 17.2 Å². The van der Waals surface area contributed by atoms with Crippen molar-refractivity contribution in [2.45, 2.75) is 12.6 Å². The number of halogens is 1. The summed E-state index contributed by atoms with van der Waals surface area (Å²) < 4.78 is 5.15. The molecule has 0 fully saturated rings. The third-order valence-corrected chi connectivity index (χ3v) is 4.53. The van der Waals surface area contributed by atoms with Gasteiger partial charge >= 0.3 is 0 Å². The van der Waals surface area contributed by atoms with E-state index in [2.05, 4.69) is 10.6 Å². The van der Waals surface area contributed by atoms with Crippen molar-refractivity contribution in [2.24, 2.45) is 0 Å². The molecule has 1 amide bonds. The lowest BCUT2D eigenvalue weighted by Gasteiger charge is -2.20. The van der Waals surface area contributed by atoms with Crippen molar-refractivity contribution in [1.82, 2.24) is 0 Å². The summed E-state index contributed by atoms with van der Waals surface area (Å²) in [6, 6.07) is 21.2. The van der Waals surface area contributed by atoms with E-state index >= 15 is 0 Å². The van der Waals surface area contributed by atoms with E-state index in [-0.39, 0.29) is 12.5 Å². The highest BCUT2D eigenvalue weighted by Gasteiger charge is 2.21. The van der Waals surface area contributed by atoms with Gasteiger partial charge in [-0.1, -0.05) is 54.1 Å². The average Bonchev–Trinajstić information content (AvgIpc) is 2.73. The van der Waals surface area contributed by atoms with Crippen molar-refractivity contribution in [2.75, 3.05) is 17.7 Å². The average molecular weight is 397 g/mol. The second-order valence-corrected chi connectivity index (χ2v) is 6.59. The molecule has 0 heterocycles. The lowest BCUT2D eigenvalue weighted by molar-refractivity contribution is -0.117. The van der Waals surface area contributed by atoms with Crippen LogP contribution in [-0.2, 0) is 11.4 Å². The van der Waals surface area contributed by atoms with Gasteiger partial charge in [0.25, 0.3) is 5.91 Å². The van der Waals surface area contributed by atoms with Crippen molar-refractivity contribution in [3.05, 3.63) is 88.9 Å². The van der Waals surface area contributed by atoms with Gasteiger partial charge in [-0.15, -0.1) is 0 Å². The second-order valence-electron chi connectivity index (χ2n) is 6.19. The molecule has 1 unspecified atom stereocenters. The highest BCUT2D eigenvalue weighted by molar-refractivity contribution is 6.32. The first kappa shape index (κ1) is 19.7. The van der Waals surface area contributed by atoms with E-state index in [0.29, 0.717) is 16.5 Å². The third kappa shape index (κ3) is 4.82. The molecule has 6 heteroatoms. The molecule has 5 nitrogen and oxygen atoms in total. The SMILES string of the molecule is COc1ccc(NC(=O)C(Nc2cccc(CO)c2)c2ccccc2)cc1Cl. The van der Waals surface area contributed by atoms with Crippen LogP contribution >= 0.6 is 11.6 Å². The zero-order valence-electron chi connectivity index (χ0n) is 15.4. The van der Waals surface area contributed by atoms with E-state index in [1.807, 2.05) is 54.6 Å². The number of benzene rings is 3. The van der Waals surface area contributed by atoms with E-state index in [1.165, 1.54) is 7.11 Å². The van der Waals surface area contributed by atoms with Crippen molar-refractivity contribution < 1.29 is 14.6 Å². The van der Waals surface area contributed by atoms with Gasteiger partial charge in [0.1, 0.15) is 11.8 Å². The Hall–Kier alpha value is -3.02. The molecule has 0 spiro atoms. The topological polar surface area (TPSA) is 70.6 Å². The molecule has 3 rings (SSSR count). The summed E-state index contributed by atoms with van der Waals surface area (Å²) in [4.78, 5) is 13.0. The van der Waals surface area contributed by atoms with Crippen LogP contribution in [0.3, 0.4) is 0 Å². The number of hydrogen-bond donors (Lipinski definition) is 3. The lowest BCUT2D eigenvalue weighted by atomic mass is 10.0. The van der Waals surface area contributed by atoms with Crippen LogP contribution in [0.15, 0.2) is 72.8 Å². The predicted molar refractivity (Wildman–Crippen MR) is 112 cm³/mol. The molecule has 0 bridgehead atoms. The Morgan fingerprint density at radius 2 is 1.82 bits per heavy atom.